The van der Waals surface area contributed by atoms with Crippen LogP contribution in [0.15, 0.2) is 54.6 Å². The van der Waals surface area contributed by atoms with Crippen molar-refractivity contribution in [1.29, 1.82) is 0 Å². The quantitative estimate of drug-likeness (QED) is 0.714. The summed E-state index contributed by atoms with van der Waals surface area (Å²) in [6.07, 6.45) is -0.646. The Morgan fingerprint density at radius 3 is 2.14 bits per heavy atom. The molecule has 0 aliphatic carbocycles. The summed E-state index contributed by atoms with van der Waals surface area (Å²) in [4.78, 5) is 35.5. The Balaban J connectivity index is 1.76. The molecule has 2 rings (SSSR count). The molecule has 0 saturated heterocycles. The number of rotatable bonds is 6. The Morgan fingerprint density at radius 1 is 0.893 bits per heavy atom. The number of amides is 3. The van der Waals surface area contributed by atoms with Crippen molar-refractivity contribution >= 4 is 23.6 Å². The van der Waals surface area contributed by atoms with Crippen molar-refractivity contribution in [3.63, 3.8) is 0 Å². The summed E-state index contributed by atoms with van der Waals surface area (Å²) in [5, 5.41) is 7.92. The first-order chi connectivity index (χ1) is 13.2. The van der Waals surface area contributed by atoms with E-state index in [0.29, 0.717) is 17.8 Å². The van der Waals surface area contributed by atoms with Crippen LogP contribution in [0.4, 0.5) is 10.5 Å². The number of nitrogens with one attached hydrogen (secondary N) is 3. The summed E-state index contributed by atoms with van der Waals surface area (Å²) in [5.41, 5.74) is 1.47. The maximum Gasteiger partial charge on any atom is 0.408 e. The fourth-order valence-corrected chi connectivity index (χ4v) is 2.25. The highest BCUT2D eigenvalue weighted by Gasteiger charge is 2.16. The normalized spacial score (nSPS) is 10.7. The molecule has 0 radical (unpaired) electrons. The van der Waals surface area contributed by atoms with E-state index >= 15 is 0 Å². The van der Waals surface area contributed by atoms with Crippen LogP contribution >= 0.6 is 0 Å². The molecule has 2 aromatic carbocycles. The van der Waals surface area contributed by atoms with E-state index in [4.69, 9.17) is 4.74 Å². The van der Waals surface area contributed by atoms with Crippen LogP contribution in [0.3, 0.4) is 0 Å². The molecule has 2 aromatic rings. The van der Waals surface area contributed by atoms with E-state index < -0.39 is 11.7 Å². The molecule has 148 valence electrons. The minimum Gasteiger partial charge on any atom is -0.444 e. The molecule has 0 aliphatic rings. The molecule has 0 atom stereocenters. The standard InChI is InChI=1S/C21H25N3O4/c1-21(2,3)28-20(27)23-14-18(25)24-17-11-9-15(10-12-17)13-22-19(26)16-7-5-4-6-8-16/h4-12H,13-14H2,1-3H3,(H,22,26)(H,23,27)(H,24,25). The summed E-state index contributed by atoms with van der Waals surface area (Å²) in [5.74, 6) is -0.512. The Morgan fingerprint density at radius 2 is 1.54 bits per heavy atom. The van der Waals surface area contributed by atoms with Gasteiger partial charge < -0.3 is 20.7 Å². The van der Waals surface area contributed by atoms with Crippen molar-refractivity contribution in [1.82, 2.24) is 10.6 Å². The van der Waals surface area contributed by atoms with Gasteiger partial charge in [-0.15, -0.1) is 0 Å². The summed E-state index contributed by atoms with van der Waals surface area (Å²) >= 11 is 0. The van der Waals surface area contributed by atoms with E-state index in [1.807, 2.05) is 30.3 Å². The molecular weight excluding hydrogens is 358 g/mol. The highest BCUT2D eigenvalue weighted by Crippen LogP contribution is 2.10. The maximum absolute atomic E-state index is 12.0. The van der Waals surface area contributed by atoms with Crippen LogP contribution in [-0.4, -0.2) is 30.1 Å². The second-order valence-electron chi connectivity index (χ2n) is 7.15. The van der Waals surface area contributed by atoms with Crippen LogP contribution in [0.2, 0.25) is 0 Å². The number of alkyl carbamates (subject to hydrolysis) is 1. The molecule has 3 amide bonds. The van der Waals surface area contributed by atoms with Gasteiger partial charge in [0.2, 0.25) is 5.91 Å². The van der Waals surface area contributed by atoms with Gasteiger partial charge in [0.15, 0.2) is 0 Å². The van der Waals surface area contributed by atoms with Crippen molar-refractivity contribution in [3.8, 4) is 0 Å². The van der Waals surface area contributed by atoms with Crippen molar-refractivity contribution < 1.29 is 19.1 Å². The van der Waals surface area contributed by atoms with E-state index in [1.165, 1.54) is 0 Å². The third-order valence-corrected chi connectivity index (χ3v) is 3.52. The van der Waals surface area contributed by atoms with Crippen LogP contribution in [0.25, 0.3) is 0 Å². The van der Waals surface area contributed by atoms with Gasteiger partial charge in [-0.05, 0) is 50.6 Å². The first kappa shape index (κ1) is 21.0. The van der Waals surface area contributed by atoms with Gasteiger partial charge in [-0.1, -0.05) is 30.3 Å². The fraction of sp³-hybridized carbons (Fsp3) is 0.286. The third kappa shape index (κ3) is 7.49. The Kier molecular flexibility index (Phi) is 7.14. The number of anilines is 1. The van der Waals surface area contributed by atoms with E-state index in [1.54, 1.807) is 45.0 Å². The molecule has 7 nitrogen and oxygen atoms in total. The zero-order valence-corrected chi connectivity index (χ0v) is 16.2. The van der Waals surface area contributed by atoms with E-state index in [2.05, 4.69) is 16.0 Å². The zero-order chi connectivity index (χ0) is 20.6. The number of carbonyl (C=O) groups excluding carboxylic acids is 3. The lowest BCUT2D eigenvalue weighted by atomic mass is 10.2. The lowest BCUT2D eigenvalue weighted by Crippen LogP contribution is -2.37. The smallest absolute Gasteiger partial charge is 0.408 e. The number of hydrogen-bond donors (Lipinski definition) is 3. The SMILES string of the molecule is CC(C)(C)OC(=O)NCC(=O)Nc1ccc(CNC(=O)c2ccccc2)cc1. The predicted molar refractivity (Wildman–Crippen MR) is 107 cm³/mol. The topological polar surface area (TPSA) is 96.5 Å². The van der Waals surface area contributed by atoms with Crippen LogP contribution < -0.4 is 16.0 Å². The fourth-order valence-electron chi connectivity index (χ4n) is 2.25. The third-order valence-electron chi connectivity index (χ3n) is 3.52. The minimum atomic E-state index is -0.646. The predicted octanol–water partition coefficient (Wildman–Crippen LogP) is 3.08. The minimum absolute atomic E-state index is 0.147. The molecular formula is C21H25N3O4. The number of hydrogen-bond acceptors (Lipinski definition) is 4. The van der Waals surface area contributed by atoms with Gasteiger partial charge in [0.1, 0.15) is 12.1 Å². The van der Waals surface area contributed by atoms with Crippen LogP contribution in [-0.2, 0) is 16.1 Å². The molecule has 0 aromatic heterocycles. The first-order valence-corrected chi connectivity index (χ1v) is 8.92. The highest BCUT2D eigenvalue weighted by molar-refractivity contribution is 5.94. The van der Waals surface area contributed by atoms with E-state index in [9.17, 15) is 14.4 Å². The lowest BCUT2D eigenvalue weighted by molar-refractivity contribution is -0.115. The average Bonchev–Trinajstić information content (AvgIpc) is 2.65. The molecule has 0 bridgehead atoms. The largest absolute Gasteiger partial charge is 0.444 e. The van der Waals surface area contributed by atoms with Gasteiger partial charge in [-0.25, -0.2) is 4.79 Å². The molecule has 0 fully saturated rings. The van der Waals surface area contributed by atoms with Crippen LogP contribution in [0.1, 0.15) is 36.7 Å². The molecule has 0 spiro atoms. The summed E-state index contributed by atoms with van der Waals surface area (Å²) < 4.78 is 5.07. The van der Waals surface area contributed by atoms with E-state index in [0.717, 1.165) is 5.56 Å². The number of benzene rings is 2. The average molecular weight is 383 g/mol. The molecule has 28 heavy (non-hydrogen) atoms. The van der Waals surface area contributed by atoms with Crippen molar-refractivity contribution in [2.75, 3.05) is 11.9 Å². The molecule has 0 unspecified atom stereocenters. The Labute approximate surface area is 164 Å². The maximum atomic E-state index is 12.0. The summed E-state index contributed by atoms with van der Waals surface area (Å²) in [6.45, 7) is 5.43. The van der Waals surface area contributed by atoms with Gasteiger partial charge >= 0.3 is 6.09 Å². The van der Waals surface area contributed by atoms with Crippen molar-refractivity contribution in [2.45, 2.75) is 32.9 Å². The molecule has 0 saturated carbocycles. The Bertz CT molecular complexity index is 812. The van der Waals surface area contributed by atoms with Crippen molar-refractivity contribution in [3.05, 3.63) is 65.7 Å². The number of ether oxygens (including phenoxy) is 1. The van der Waals surface area contributed by atoms with Gasteiger partial charge in [-0.2, -0.15) is 0 Å². The highest BCUT2D eigenvalue weighted by atomic mass is 16.6. The summed E-state index contributed by atoms with van der Waals surface area (Å²) in [7, 11) is 0. The monoisotopic (exact) mass is 383 g/mol. The Hall–Kier alpha value is -3.35. The van der Waals surface area contributed by atoms with Gasteiger partial charge in [0.05, 0.1) is 0 Å². The molecule has 0 heterocycles. The van der Waals surface area contributed by atoms with Gasteiger partial charge in [0.25, 0.3) is 5.91 Å². The zero-order valence-electron chi connectivity index (χ0n) is 16.2. The van der Waals surface area contributed by atoms with Gasteiger partial charge in [0, 0.05) is 17.8 Å². The van der Waals surface area contributed by atoms with Gasteiger partial charge in [-0.3, -0.25) is 9.59 Å². The van der Waals surface area contributed by atoms with E-state index in [-0.39, 0.29) is 18.4 Å². The van der Waals surface area contributed by atoms with Crippen LogP contribution in [0, 0.1) is 0 Å². The van der Waals surface area contributed by atoms with Crippen molar-refractivity contribution in [2.24, 2.45) is 0 Å². The molecule has 7 heteroatoms. The van der Waals surface area contributed by atoms with Crippen LogP contribution in [0.5, 0.6) is 0 Å². The lowest BCUT2D eigenvalue weighted by Gasteiger charge is -2.19. The second-order valence-corrected chi connectivity index (χ2v) is 7.15. The number of carbonyl (C=O) groups is 3. The second kappa shape index (κ2) is 9.55. The first-order valence-electron chi connectivity index (χ1n) is 8.92. The summed E-state index contributed by atoms with van der Waals surface area (Å²) in [6, 6.07) is 16.1. The molecule has 0 aliphatic heterocycles. The molecule has 3 N–H and O–H groups in total.